The van der Waals surface area contributed by atoms with Crippen LogP contribution in [-0.2, 0) is 14.6 Å². The fourth-order valence-corrected chi connectivity index (χ4v) is 4.12. The molecular formula is C11H21NO5S. The number of aliphatic hydroxyl groups is 1. The van der Waals surface area contributed by atoms with Gasteiger partial charge in [0.15, 0.2) is 9.84 Å². The number of aliphatic carboxylic acids is 1. The van der Waals surface area contributed by atoms with Gasteiger partial charge < -0.3 is 10.2 Å². The molecule has 0 aliphatic carbocycles. The lowest BCUT2D eigenvalue weighted by Crippen LogP contribution is -2.53. The zero-order valence-electron chi connectivity index (χ0n) is 11.0. The molecule has 18 heavy (non-hydrogen) atoms. The predicted molar refractivity (Wildman–Crippen MR) is 67.2 cm³/mol. The molecular weight excluding hydrogens is 258 g/mol. The number of carbonyl (C=O) groups is 1. The van der Waals surface area contributed by atoms with Crippen LogP contribution in [0.1, 0.15) is 27.2 Å². The van der Waals surface area contributed by atoms with Crippen LogP contribution in [0, 0.1) is 0 Å². The van der Waals surface area contributed by atoms with E-state index in [0.29, 0.717) is 0 Å². The van der Waals surface area contributed by atoms with Gasteiger partial charge in [0.2, 0.25) is 0 Å². The van der Waals surface area contributed by atoms with E-state index < -0.39 is 28.0 Å². The minimum Gasteiger partial charge on any atom is -0.481 e. The Kier molecular flexibility index (Phi) is 4.40. The number of hydrogen-bond acceptors (Lipinski definition) is 5. The number of hydrogen-bond donors (Lipinski definition) is 2. The summed E-state index contributed by atoms with van der Waals surface area (Å²) in [7, 11) is -3.23. The van der Waals surface area contributed by atoms with Gasteiger partial charge >= 0.3 is 5.97 Å². The van der Waals surface area contributed by atoms with Gasteiger partial charge in [0, 0.05) is 12.1 Å². The first-order valence-corrected chi connectivity index (χ1v) is 7.72. The summed E-state index contributed by atoms with van der Waals surface area (Å²) in [4.78, 5) is 12.4. The molecule has 1 rings (SSSR count). The van der Waals surface area contributed by atoms with Crippen LogP contribution in [0.3, 0.4) is 0 Å². The van der Waals surface area contributed by atoms with Crippen molar-refractivity contribution >= 4 is 15.8 Å². The number of sulfone groups is 1. The average Bonchev–Trinajstić information content (AvgIpc) is 2.37. The molecule has 2 atom stereocenters. The average molecular weight is 279 g/mol. The molecule has 0 aromatic carbocycles. The van der Waals surface area contributed by atoms with Crippen LogP contribution < -0.4 is 0 Å². The Labute approximate surface area is 108 Å². The number of rotatable bonds is 4. The molecule has 0 saturated carbocycles. The van der Waals surface area contributed by atoms with Gasteiger partial charge in [0.1, 0.15) is 0 Å². The lowest BCUT2D eigenvalue weighted by Gasteiger charge is -2.40. The van der Waals surface area contributed by atoms with Crippen molar-refractivity contribution in [2.75, 3.05) is 18.1 Å². The number of aliphatic hydroxyl groups excluding tert-OH is 1. The zero-order chi connectivity index (χ0) is 14.1. The summed E-state index contributed by atoms with van der Waals surface area (Å²) in [5, 5.41) is 18.6. The smallest absolute Gasteiger partial charge is 0.304 e. The molecule has 1 fully saturated rings. The van der Waals surface area contributed by atoms with Crippen LogP contribution in [0.4, 0.5) is 0 Å². The van der Waals surface area contributed by atoms with Crippen molar-refractivity contribution in [1.29, 1.82) is 0 Å². The van der Waals surface area contributed by atoms with Crippen LogP contribution in [0.5, 0.6) is 0 Å². The molecule has 1 heterocycles. The highest BCUT2D eigenvalue weighted by Crippen LogP contribution is 2.25. The van der Waals surface area contributed by atoms with Crippen molar-refractivity contribution in [3.63, 3.8) is 0 Å². The van der Waals surface area contributed by atoms with Crippen LogP contribution in [0.15, 0.2) is 0 Å². The number of nitrogens with zero attached hydrogens (tertiary/aromatic N) is 1. The molecule has 0 aromatic heterocycles. The Morgan fingerprint density at radius 3 is 2.22 bits per heavy atom. The second-order valence-electron chi connectivity index (χ2n) is 5.72. The summed E-state index contributed by atoms with van der Waals surface area (Å²) in [6.45, 7) is 5.88. The monoisotopic (exact) mass is 279 g/mol. The molecule has 0 amide bonds. The maximum absolute atomic E-state index is 11.5. The van der Waals surface area contributed by atoms with E-state index >= 15 is 0 Å². The maximum Gasteiger partial charge on any atom is 0.304 e. The molecule has 0 spiro atoms. The third-order valence-corrected chi connectivity index (χ3v) is 4.82. The van der Waals surface area contributed by atoms with Crippen LogP contribution >= 0.6 is 0 Å². The van der Waals surface area contributed by atoms with Gasteiger partial charge in [-0.2, -0.15) is 0 Å². The molecule has 106 valence electrons. The Morgan fingerprint density at radius 1 is 1.33 bits per heavy atom. The molecule has 1 aliphatic heterocycles. The van der Waals surface area contributed by atoms with Gasteiger partial charge in [-0.1, -0.05) is 0 Å². The summed E-state index contributed by atoms with van der Waals surface area (Å²) in [6, 6.07) is -0.519. The van der Waals surface area contributed by atoms with Crippen LogP contribution in [-0.4, -0.2) is 65.2 Å². The lowest BCUT2D eigenvalue weighted by atomic mass is 10.0. The lowest BCUT2D eigenvalue weighted by molar-refractivity contribution is -0.138. The second-order valence-corrected chi connectivity index (χ2v) is 7.87. The first kappa shape index (κ1) is 15.4. The van der Waals surface area contributed by atoms with Crippen molar-refractivity contribution in [2.24, 2.45) is 0 Å². The van der Waals surface area contributed by atoms with E-state index in [1.165, 1.54) is 0 Å². The first-order valence-electron chi connectivity index (χ1n) is 5.90. The minimum absolute atomic E-state index is 0.0689. The number of carboxylic acids is 1. The second kappa shape index (κ2) is 5.14. The van der Waals surface area contributed by atoms with Crippen molar-refractivity contribution in [3.8, 4) is 0 Å². The van der Waals surface area contributed by atoms with Crippen molar-refractivity contribution in [1.82, 2.24) is 4.90 Å². The highest BCUT2D eigenvalue weighted by Gasteiger charge is 2.43. The fourth-order valence-electron chi connectivity index (χ4n) is 2.32. The van der Waals surface area contributed by atoms with Crippen molar-refractivity contribution < 1.29 is 23.4 Å². The van der Waals surface area contributed by atoms with Crippen LogP contribution in [0.25, 0.3) is 0 Å². The molecule has 2 unspecified atom stereocenters. The van der Waals surface area contributed by atoms with Gasteiger partial charge in [0.05, 0.1) is 30.1 Å². The van der Waals surface area contributed by atoms with Crippen molar-refractivity contribution in [3.05, 3.63) is 0 Å². The van der Waals surface area contributed by atoms with Gasteiger partial charge in [0.25, 0.3) is 0 Å². The van der Waals surface area contributed by atoms with E-state index in [1.54, 1.807) is 4.90 Å². The molecule has 0 radical (unpaired) electrons. The molecule has 2 N–H and O–H groups in total. The summed E-state index contributed by atoms with van der Waals surface area (Å²) >= 11 is 0. The largest absolute Gasteiger partial charge is 0.481 e. The van der Waals surface area contributed by atoms with E-state index in [4.69, 9.17) is 5.11 Å². The van der Waals surface area contributed by atoms with E-state index in [-0.39, 0.29) is 30.0 Å². The SMILES string of the molecule is CC(C)(C)N(CCC(=O)O)C1CS(=O)(=O)CC1O. The third-order valence-electron chi connectivity index (χ3n) is 3.12. The van der Waals surface area contributed by atoms with Crippen molar-refractivity contribution in [2.45, 2.75) is 44.9 Å². The van der Waals surface area contributed by atoms with Gasteiger partial charge in [-0.25, -0.2) is 8.42 Å². The Hall–Kier alpha value is -0.660. The molecule has 0 aromatic rings. The standard InChI is InChI=1S/C11H21NO5S/c1-11(2,3)12(5-4-10(14)15)8-6-18(16,17)7-9(8)13/h8-9,13H,4-7H2,1-3H3,(H,14,15). The Morgan fingerprint density at radius 2 is 1.89 bits per heavy atom. The normalized spacial score (nSPS) is 27.6. The van der Waals surface area contributed by atoms with Gasteiger partial charge in [-0.05, 0) is 20.8 Å². The topological polar surface area (TPSA) is 94.9 Å². The minimum atomic E-state index is -3.23. The van der Waals surface area contributed by atoms with Gasteiger partial charge in [-0.15, -0.1) is 0 Å². The van der Waals surface area contributed by atoms with Crippen LogP contribution in [0.2, 0.25) is 0 Å². The summed E-state index contributed by atoms with van der Waals surface area (Å²) < 4.78 is 23.0. The van der Waals surface area contributed by atoms with Gasteiger partial charge in [-0.3, -0.25) is 9.69 Å². The molecule has 6 nitrogen and oxygen atoms in total. The highest BCUT2D eigenvalue weighted by atomic mass is 32.2. The molecule has 0 bridgehead atoms. The molecule has 1 saturated heterocycles. The highest BCUT2D eigenvalue weighted by molar-refractivity contribution is 7.91. The zero-order valence-corrected chi connectivity index (χ0v) is 11.8. The molecule has 1 aliphatic rings. The summed E-state index contributed by atoms with van der Waals surface area (Å²) in [6.07, 6.45) is -1.01. The first-order chi connectivity index (χ1) is 8.03. The quantitative estimate of drug-likeness (QED) is 0.735. The summed E-state index contributed by atoms with van der Waals surface area (Å²) in [5.74, 6) is -1.28. The molecule has 7 heteroatoms. The maximum atomic E-state index is 11.5. The Bertz CT molecular complexity index is 412. The Balaban J connectivity index is 2.87. The summed E-state index contributed by atoms with van der Waals surface area (Å²) in [5.41, 5.74) is -0.388. The van der Waals surface area contributed by atoms with E-state index in [1.807, 2.05) is 20.8 Å². The fraction of sp³-hybridized carbons (Fsp3) is 0.909. The van der Waals surface area contributed by atoms with E-state index in [9.17, 15) is 18.3 Å². The predicted octanol–water partition coefficient (Wildman–Crippen LogP) is -0.280. The number of carboxylic acid groups (broad SMARTS) is 1. The van der Waals surface area contributed by atoms with E-state index in [0.717, 1.165) is 0 Å². The van der Waals surface area contributed by atoms with E-state index in [2.05, 4.69) is 0 Å². The third kappa shape index (κ3) is 3.93.